The van der Waals surface area contributed by atoms with Crippen LogP contribution >= 0.6 is 0 Å². The fourth-order valence-corrected chi connectivity index (χ4v) is 1.22. The molecule has 0 unspecified atom stereocenters. The molecule has 1 heterocycles. The van der Waals surface area contributed by atoms with Crippen LogP contribution in [-0.4, -0.2) is 59.0 Å². The molecule has 0 spiro atoms. The Bertz CT molecular complexity index is 309. The monoisotopic (exact) mass is 259 g/mol. The van der Waals surface area contributed by atoms with Gasteiger partial charge in [-0.1, -0.05) is 0 Å². The molecular weight excluding hydrogens is 242 g/mol. The van der Waals surface area contributed by atoms with Gasteiger partial charge in [-0.3, -0.25) is 4.79 Å². The highest BCUT2D eigenvalue weighted by molar-refractivity contribution is 5.79. The molecule has 0 amide bonds. The lowest BCUT2D eigenvalue weighted by Crippen LogP contribution is -2.47. The van der Waals surface area contributed by atoms with E-state index in [4.69, 9.17) is 20.6 Å². The maximum absolute atomic E-state index is 9.72. The van der Waals surface area contributed by atoms with Gasteiger partial charge in [0.1, 0.15) is 0 Å². The van der Waals surface area contributed by atoms with E-state index in [-0.39, 0.29) is 0 Å². The van der Waals surface area contributed by atoms with Gasteiger partial charge >= 0.3 is 11.9 Å². The number of carboxylic acid groups (broad SMARTS) is 2. The number of hydrogen-bond donors (Lipinski definition) is 5. The van der Waals surface area contributed by atoms with E-state index in [1.165, 1.54) is 0 Å². The van der Waals surface area contributed by atoms with Crippen LogP contribution in [0.2, 0.25) is 0 Å². The number of aliphatic hydroxyl groups is 1. The van der Waals surface area contributed by atoms with Crippen molar-refractivity contribution in [3.05, 3.63) is 0 Å². The SMILES string of the molecule is N#CC[C@H]1CNCCN1.O=C(O)C[C@@H](O)C(=O)O. The normalized spacial score (nSPS) is 19.9. The Kier molecular flexibility index (Phi) is 8.47. The molecule has 8 heteroatoms. The van der Waals surface area contributed by atoms with Crippen molar-refractivity contribution in [2.45, 2.75) is 25.0 Å². The highest BCUT2D eigenvalue weighted by atomic mass is 16.4. The molecule has 1 saturated heterocycles. The van der Waals surface area contributed by atoms with Gasteiger partial charge in [-0.25, -0.2) is 4.79 Å². The summed E-state index contributed by atoms with van der Waals surface area (Å²) >= 11 is 0. The van der Waals surface area contributed by atoms with Crippen molar-refractivity contribution in [2.24, 2.45) is 0 Å². The lowest BCUT2D eigenvalue weighted by molar-refractivity contribution is -0.152. The van der Waals surface area contributed by atoms with Crippen molar-refractivity contribution in [1.29, 1.82) is 5.26 Å². The molecule has 102 valence electrons. The predicted octanol–water partition coefficient (Wildman–Crippen LogP) is -1.63. The van der Waals surface area contributed by atoms with Gasteiger partial charge in [0.15, 0.2) is 6.10 Å². The third-order valence-corrected chi connectivity index (χ3v) is 2.12. The Morgan fingerprint density at radius 1 is 1.39 bits per heavy atom. The van der Waals surface area contributed by atoms with Crippen LogP contribution in [0, 0.1) is 11.3 Å². The lowest BCUT2D eigenvalue weighted by atomic mass is 10.2. The fourth-order valence-electron chi connectivity index (χ4n) is 1.22. The van der Waals surface area contributed by atoms with Crippen LogP contribution in [0.25, 0.3) is 0 Å². The molecule has 18 heavy (non-hydrogen) atoms. The highest BCUT2D eigenvalue weighted by Crippen LogP contribution is 1.90. The van der Waals surface area contributed by atoms with E-state index in [1.54, 1.807) is 0 Å². The number of rotatable bonds is 4. The topological polar surface area (TPSA) is 143 Å². The molecule has 1 rings (SSSR count). The number of nitrogens with one attached hydrogen (secondary N) is 2. The molecule has 8 nitrogen and oxygen atoms in total. The van der Waals surface area contributed by atoms with Crippen molar-refractivity contribution >= 4 is 11.9 Å². The minimum atomic E-state index is -1.79. The molecular formula is C10H17N3O5. The molecule has 1 aliphatic rings. The molecule has 0 aromatic carbocycles. The van der Waals surface area contributed by atoms with E-state index in [1.807, 2.05) is 0 Å². The number of hydrogen-bond acceptors (Lipinski definition) is 6. The van der Waals surface area contributed by atoms with Crippen LogP contribution in [0.1, 0.15) is 12.8 Å². The summed E-state index contributed by atoms with van der Waals surface area (Å²) in [6, 6.07) is 2.51. The van der Waals surface area contributed by atoms with Crippen LogP contribution in [0.3, 0.4) is 0 Å². The summed E-state index contributed by atoms with van der Waals surface area (Å²) in [6.07, 6.45) is -1.93. The van der Waals surface area contributed by atoms with Crippen molar-refractivity contribution < 1.29 is 24.9 Å². The standard InChI is InChI=1S/C6H11N3.C4H6O5/c7-2-1-6-5-8-3-4-9-6;5-2(4(8)9)1-3(6)7/h6,8-9H,1,3-5H2;2,5H,1H2,(H,6,7)(H,8,9)/t6-;2-/m01/s1. The zero-order chi connectivity index (χ0) is 14.0. The number of aliphatic hydroxyl groups excluding tert-OH is 1. The molecule has 0 aliphatic carbocycles. The molecule has 2 atom stereocenters. The second-order valence-electron chi connectivity index (χ2n) is 3.67. The first kappa shape index (κ1) is 16.3. The Morgan fingerprint density at radius 2 is 2.06 bits per heavy atom. The predicted molar refractivity (Wildman–Crippen MR) is 60.8 cm³/mol. The van der Waals surface area contributed by atoms with Crippen molar-refractivity contribution in [3.63, 3.8) is 0 Å². The van der Waals surface area contributed by atoms with E-state index < -0.39 is 24.5 Å². The smallest absolute Gasteiger partial charge is 0.333 e. The maximum Gasteiger partial charge on any atom is 0.333 e. The van der Waals surface area contributed by atoms with Gasteiger partial charge in [-0.05, 0) is 0 Å². The minimum absolute atomic E-state index is 0.378. The maximum atomic E-state index is 9.72. The average molecular weight is 259 g/mol. The number of nitrogens with zero attached hydrogens (tertiary/aromatic N) is 1. The summed E-state index contributed by atoms with van der Waals surface area (Å²) < 4.78 is 0. The highest BCUT2D eigenvalue weighted by Gasteiger charge is 2.16. The molecule has 0 bridgehead atoms. The quantitative estimate of drug-likeness (QED) is 0.405. The zero-order valence-electron chi connectivity index (χ0n) is 9.80. The summed E-state index contributed by atoms with van der Waals surface area (Å²) in [5.74, 6) is -2.85. The van der Waals surface area contributed by atoms with Gasteiger partial charge in [-0.15, -0.1) is 0 Å². The fraction of sp³-hybridized carbons (Fsp3) is 0.700. The largest absolute Gasteiger partial charge is 0.481 e. The van der Waals surface area contributed by atoms with Crippen LogP contribution in [0.5, 0.6) is 0 Å². The molecule has 0 aromatic heterocycles. The van der Waals surface area contributed by atoms with Crippen LogP contribution in [0.4, 0.5) is 0 Å². The van der Waals surface area contributed by atoms with Gasteiger partial charge in [0.2, 0.25) is 0 Å². The van der Waals surface area contributed by atoms with E-state index in [9.17, 15) is 9.59 Å². The van der Waals surface area contributed by atoms with Gasteiger partial charge in [0.25, 0.3) is 0 Å². The third kappa shape index (κ3) is 8.46. The van der Waals surface area contributed by atoms with Crippen LogP contribution in [0.15, 0.2) is 0 Å². The van der Waals surface area contributed by atoms with E-state index in [0.717, 1.165) is 19.6 Å². The summed E-state index contributed by atoms with van der Waals surface area (Å²) in [5, 5.41) is 38.9. The lowest BCUT2D eigenvalue weighted by Gasteiger charge is -2.21. The van der Waals surface area contributed by atoms with E-state index >= 15 is 0 Å². The summed E-state index contributed by atoms with van der Waals surface area (Å²) in [6.45, 7) is 2.96. The molecule has 1 fully saturated rings. The summed E-state index contributed by atoms with van der Waals surface area (Å²) in [4.78, 5) is 19.4. The van der Waals surface area contributed by atoms with Crippen molar-refractivity contribution in [3.8, 4) is 6.07 Å². The molecule has 0 saturated carbocycles. The first-order valence-corrected chi connectivity index (χ1v) is 5.41. The first-order chi connectivity index (χ1) is 8.47. The molecule has 0 aromatic rings. The number of piperazine rings is 1. The Labute approximate surface area is 104 Å². The Morgan fingerprint density at radius 3 is 2.39 bits per heavy atom. The van der Waals surface area contributed by atoms with E-state index in [2.05, 4.69) is 16.7 Å². The number of aliphatic carboxylic acids is 2. The van der Waals surface area contributed by atoms with Crippen molar-refractivity contribution in [2.75, 3.05) is 19.6 Å². The van der Waals surface area contributed by atoms with Crippen molar-refractivity contribution in [1.82, 2.24) is 10.6 Å². The van der Waals surface area contributed by atoms with Gasteiger partial charge < -0.3 is 26.0 Å². The Balaban J connectivity index is 0.000000321. The number of carboxylic acids is 2. The average Bonchev–Trinajstić information content (AvgIpc) is 2.30. The van der Waals surface area contributed by atoms with Gasteiger partial charge in [-0.2, -0.15) is 5.26 Å². The molecule has 1 aliphatic heterocycles. The van der Waals surface area contributed by atoms with Crippen LogP contribution in [-0.2, 0) is 9.59 Å². The van der Waals surface area contributed by atoms with Crippen LogP contribution < -0.4 is 10.6 Å². The number of nitriles is 1. The Hall–Kier alpha value is -1.69. The summed E-state index contributed by atoms with van der Waals surface area (Å²) in [5.41, 5.74) is 0. The second kappa shape index (κ2) is 9.35. The second-order valence-corrected chi connectivity index (χ2v) is 3.67. The summed E-state index contributed by atoms with van der Waals surface area (Å²) in [7, 11) is 0. The van der Waals surface area contributed by atoms with Gasteiger partial charge in [0, 0.05) is 25.7 Å². The van der Waals surface area contributed by atoms with E-state index in [0.29, 0.717) is 12.5 Å². The van der Waals surface area contributed by atoms with Gasteiger partial charge in [0.05, 0.1) is 18.9 Å². The molecule has 0 radical (unpaired) electrons. The third-order valence-electron chi connectivity index (χ3n) is 2.12. The molecule has 5 N–H and O–H groups in total. The zero-order valence-corrected chi connectivity index (χ0v) is 9.80. The number of carbonyl (C=O) groups is 2. The first-order valence-electron chi connectivity index (χ1n) is 5.41. The minimum Gasteiger partial charge on any atom is -0.481 e.